The van der Waals surface area contributed by atoms with E-state index in [-0.39, 0.29) is 5.41 Å². The first kappa shape index (κ1) is 12.6. The third-order valence-corrected chi connectivity index (χ3v) is 2.62. The Hall–Kier alpha value is -1.51. The van der Waals surface area contributed by atoms with Crippen LogP contribution in [-0.4, -0.2) is 13.0 Å². The van der Waals surface area contributed by atoms with Crippen LogP contribution in [0.25, 0.3) is 0 Å². The molecule has 88 valence electrons. The zero-order chi connectivity index (χ0) is 12.5. The number of rotatable bonds is 2. The van der Waals surface area contributed by atoms with E-state index in [2.05, 4.69) is 20.8 Å². The fraction of sp³-hybridized carbons (Fsp3) is 0.462. The van der Waals surface area contributed by atoms with Crippen LogP contribution in [0.5, 0.6) is 5.75 Å². The lowest BCUT2D eigenvalue weighted by atomic mass is 9.84. The monoisotopic (exact) mass is 221 g/mol. The molecule has 0 unspecified atom stereocenters. The second-order valence-electron chi connectivity index (χ2n) is 4.98. The topological polar surface area (TPSA) is 52.3 Å². The highest BCUT2D eigenvalue weighted by atomic mass is 16.5. The lowest BCUT2D eigenvalue weighted by molar-refractivity contribution is 0.0999. The van der Waals surface area contributed by atoms with Gasteiger partial charge < -0.3 is 10.5 Å². The van der Waals surface area contributed by atoms with Crippen molar-refractivity contribution in [1.82, 2.24) is 0 Å². The van der Waals surface area contributed by atoms with Gasteiger partial charge in [-0.05, 0) is 30.0 Å². The summed E-state index contributed by atoms with van der Waals surface area (Å²) in [7, 11) is 1.63. The first-order chi connectivity index (χ1) is 7.27. The number of carbonyl (C=O) groups excluding carboxylic acids is 1. The molecular weight excluding hydrogens is 202 g/mol. The normalized spacial score (nSPS) is 11.3. The average molecular weight is 221 g/mol. The van der Waals surface area contributed by atoms with Crippen LogP contribution in [0.3, 0.4) is 0 Å². The molecule has 0 bridgehead atoms. The Labute approximate surface area is 96.6 Å². The van der Waals surface area contributed by atoms with Crippen LogP contribution in [0.15, 0.2) is 12.1 Å². The maximum Gasteiger partial charge on any atom is 0.248 e. The number of methoxy groups -OCH3 is 1. The van der Waals surface area contributed by atoms with Crippen LogP contribution in [0, 0.1) is 6.92 Å². The molecule has 0 saturated carbocycles. The largest absolute Gasteiger partial charge is 0.496 e. The van der Waals surface area contributed by atoms with E-state index in [1.54, 1.807) is 7.11 Å². The molecule has 0 fully saturated rings. The molecule has 0 aromatic heterocycles. The first-order valence-electron chi connectivity index (χ1n) is 5.26. The van der Waals surface area contributed by atoms with E-state index in [4.69, 9.17) is 10.5 Å². The van der Waals surface area contributed by atoms with Gasteiger partial charge in [-0.3, -0.25) is 4.79 Å². The van der Waals surface area contributed by atoms with Crippen molar-refractivity contribution in [1.29, 1.82) is 0 Å². The minimum atomic E-state index is -0.398. The van der Waals surface area contributed by atoms with Gasteiger partial charge in [0.05, 0.1) is 7.11 Å². The van der Waals surface area contributed by atoms with Crippen LogP contribution in [-0.2, 0) is 5.41 Å². The molecule has 0 heterocycles. The van der Waals surface area contributed by atoms with Gasteiger partial charge in [0.15, 0.2) is 0 Å². The molecule has 2 N–H and O–H groups in total. The number of ether oxygens (including phenoxy) is 1. The Bertz CT molecular complexity index is 417. The summed E-state index contributed by atoms with van der Waals surface area (Å²) in [5.41, 5.74) is 7.66. The molecule has 1 amide bonds. The van der Waals surface area contributed by atoms with Crippen molar-refractivity contribution in [3.8, 4) is 5.75 Å². The van der Waals surface area contributed by atoms with E-state index < -0.39 is 5.91 Å². The molecule has 0 spiro atoms. The Morgan fingerprint density at radius 3 is 2.25 bits per heavy atom. The van der Waals surface area contributed by atoms with Gasteiger partial charge in [-0.2, -0.15) is 0 Å². The molecule has 0 saturated heterocycles. The summed E-state index contributed by atoms with van der Waals surface area (Å²) in [5.74, 6) is 0.403. The molecule has 0 aliphatic rings. The molecule has 3 heteroatoms. The first-order valence-corrected chi connectivity index (χ1v) is 5.26. The molecule has 0 atom stereocenters. The summed E-state index contributed by atoms with van der Waals surface area (Å²) in [5, 5.41) is 0. The quantitative estimate of drug-likeness (QED) is 0.833. The lowest BCUT2D eigenvalue weighted by Crippen LogP contribution is -2.18. The van der Waals surface area contributed by atoms with Crippen molar-refractivity contribution in [2.75, 3.05) is 7.11 Å². The number of carbonyl (C=O) groups is 1. The minimum absolute atomic E-state index is 0.0801. The van der Waals surface area contributed by atoms with Gasteiger partial charge in [-0.25, -0.2) is 0 Å². The highest BCUT2D eigenvalue weighted by Crippen LogP contribution is 2.33. The molecule has 1 aromatic rings. The van der Waals surface area contributed by atoms with Gasteiger partial charge in [-0.15, -0.1) is 0 Å². The van der Waals surface area contributed by atoms with Crippen molar-refractivity contribution in [3.05, 3.63) is 28.8 Å². The fourth-order valence-corrected chi connectivity index (χ4v) is 1.70. The van der Waals surface area contributed by atoms with Gasteiger partial charge in [0, 0.05) is 11.1 Å². The van der Waals surface area contributed by atoms with E-state index in [1.807, 2.05) is 19.1 Å². The van der Waals surface area contributed by atoms with Crippen molar-refractivity contribution in [2.45, 2.75) is 33.1 Å². The van der Waals surface area contributed by atoms with E-state index in [0.29, 0.717) is 5.56 Å². The fourth-order valence-electron chi connectivity index (χ4n) is 1.70. The Morgan fingerprint density at radius 2 is 1.88 bits per heavy atom. The van der Waals surface area contributed by atoms with Crippen molar-refractivity contribution in [3.63, 3.8) is 0 Å². The van der Waals surface area contributed by atoms with Gasteiger partial charge in [0.2, 0.25) is 5.91 Å². The van der Waals surface area contributed by atoms with E-state index in [0.717, 1.165) is 16.9 Å². The molecule has 16 heavy (non-hydrogen) atoms. The summed E-state index contributed by atoms with van der Waals surface area (Å²) < 4.78 is 5.34. The smallest absolute Gasteiger partial charge is 0.248 e. The Kier molecular flexibility index (Phi) is 3.27. The number of hydrogen-bond donors (Lipinski definition) is 1. The van der Waals surface area contributed by atoms with Crippen LogP contribution in [0.4, 0.5) is 0 Å². The number of primary amides is 1. The van der Waals surface area contributed by atoms with Crippen molar-refractivity contribution >= 4 is 5.91 Å². The van der Waals surface area contributed by atoms with Crippen LogP contribution in [0.2, 0.25) is 0 Å². The van der Waals surface area contributed by atoms with Crippen LogP contribution < -0.4 is 10.5 Å². The van der Waals surface area contributed by atoms with Gasteiger partial charge in [-0.1, -0.05) is 20.8 Å². The van der Waals surface area contributed by atoms with Crippen molar-refractivity contribution in [2.24, 2.45) is 5.73 Å². The molecule has 0 aliphatic carbocycles. The zero-order valence-corrected chi connectivity index (χ0v) is 10.5. The summed E-state index contributed by atoms with van der Waals surface area (Å²) in [6.07, 6.45) is 0. The van der Waals surface area contributed by atoms with Gasteiger partial charge in [0.1, 0.15) is 5.75 Å². The molecule has 0 radical (unpaired) electrons. The molecule has 1 rings (SSSR count). The maximum atomic E-state index is 11.3. The van der Waals surface area contributed by atoms with Crippen LogP contribution >= 0.6 is 0 Å². The van der Waals surface area contributed by atoms with Crippen molar-refractivity contribution < 1.29 is 9.53 Å². The number of aryl methyl sites for hydroxylation is 1. The summed E-state index contributed by atoms with van der Waals surface area (Å²) >= 11 is 0. The summed E-state index contributed by atoms with van der Waals surface area (Å²) in [6.45, 7) is 8.08. The highest BCUT2D eigenvalue weighted by Gasteiger charge is 2.21. The predicted octanol–water partition coefficient (Wildman–Crippen LogP) is 2.40. The number of nitrogens with two attached hydrogens (primary N) is 1. The summed E-state index contributed by atoms with van der Waals surface area (Å²) in [6, 6.07) is 3.69. The van der Waals surface area contributed by atoms with E-state index in [1.165, 1.54) is 0 Å². The predicted molar refractivity (Wildman–Crippen MR) is 64.9 cm³/mol. The summed E-state index contributed by atoms with van der Waals surface area (Å²) in [4.78, 5) is 11.3. The second kappa shape index (κ2) is 4.16. The van der Waals surface area contributed by atoms with Gasteiger partial charge >= 0.3 is 0 Å². The lowest BCUT2D eigenvalue weighted by Gasteiger charge is -2.23. The van der Waals surface area contributed by atoms with Gasteiger partial charge in [0.25, 0.3) is 0 Å². The standard InChI is InChI=1S/C13H19NO2/c1-8-6-11(16-5)10(13(2,3)4)7-9(8)12(14)15/h6-7H,1-5H3,(H2,14,15). The zero-order valence-electron chi connectivity index (χ0n) is 10.5. The van der Waals surface area contributed by atoms with E-state index in [9.17, 15) is 4.79 Å². The molecule has 1 aromatic carbocycles. The second-order valence-corrected chi connectivity index (χ2v) is 4.98. The Morgan fingerprint density at radius 1 is 1.31 bits per heavy atom. The SMILES string of the molecule is COc1cc(C)c(C(N)=O)cc1C(C)(C)C. The third-order valence-electron chi connectivity index (χ3n) is 2.62. The number of hydrogen-bond acceptors (Lipinski definition) is 2. The maximum absolute atomic E-state index is 11.3. The van der Waals surface area contributed by atoms with E-state index >= 15 is 0 Å². The third kappa shape index (κ3) is 2.35. The van der Waals surface area contributed by atoms with Crippen LogP contribution in [0.1, 0.15) is 42.3 Å². The molecule has 3 nitrogen and oxygen atoms in total. The highest BCUT2D eigenvalue weighted by molar-refractivity contribution is 5.94. The number of benzene rings is 1. The number of amides is 1. The Balaban J connectivity index is 3.47. The molecular formula is C13H19NO2. The minimum Gasteiger partial charge on any atom is -0.496 e. The average Bonchev–Trinajstić information content (AvgIpc) is 2.14. The molecule has 0 aliphatic heterocycles.